The van der Waals surface area contributed by atoms with Gasteiger partial charge in [0.1, 0.15) is 0 Å². The normalized spacial score (nSPS) is 26.6. The van der Waals surface area contributed by atoms with Crippen LogP contribution in [0.25, 0.3) is 10.7 Å². The summed E-state index contributed by atoms with van der Waals surface area (Å²) in [6.45, 7) is 7.49. The fourth-order valence-corrected chi connectivity index (χ4v) is 7.31. The van der Waals surface area contributed by atoms with Crippen LogP contribution in [0.2, 0.25) is 0 Å². The first-order chi connectivity index (χ1) is 15.3. The summed E-state index contributed by atoms with van der Waals surface area (Å²) >= 11 is 7.45. The summed E-state index contributed by atoms with van der Waals surface area (Å²) in [4.78, 5) is 3.36. The number of morpholine rings is 1. The molecule has 32 heavy (non-hydrogen) atoms. The van der Waals surface area contributed by atoms with E-state index >= 15 is 0 Å². The van der Waals surface area contributed by atoms with Crippen LogP contribution < -0.4 is 0 Å². The van der Waals surface area contributed by atoms with Crippen molar-refractivity contribution in [3.05, 3.63) is 22.3 Å². The van der Waals surface area contributed by atoms with E-state index in [0.29, 0.717) is 52.0 Å². The van der Waals surface area contributed by atoms with E-state index in [-0.39, 0.29) is 12.2 Å². The summed E-state index contributed by atoms with van der Waals surface area (Å²) < 4.78 is 40.0. The Labute approximate surface area is 198 Å². The van der Waals surface area contributed by atoms with Crippen LogP contribution >= 0.6 is 23.6 Å². The van der Waals surface area contributed by atoms with Crippen LogP contribution in [-0.2, 0) is 21.6 Å². The number of hydrogen-bond acceptors (Lipinski definition) is 7. The van der Waals surface area contributed by atoms with Crippen LogP contribution in [0.3, 0.4) is 0 Å². The van der Waals surface area contributed by atoms with Crippen LogP contribution in [0.5, 0.6) is 0 Å². The summed E-state index contributed by atoms with van der Waals surface area (Å²) in [7, 11) is -3.48. The number of ether oxygens (including phenoxy) is 1. The van der Waals surface area contributed by atoms with Crippen molar-refractivity contribution in [2.75, 3.05) is 39.3 Å². The first-order valence-corrected chi connectivity index (χ1v) is 13.9. The van der Waals surface area contributed by atoms with Crippen LogP contribution in [0.15, 0.2) is 17.5 Å². The van der Waals surface area contributed by atoms with Gasteiger partial charge in [0.2, 0.25) is 0 Å². The maximum absolute atomic E-state index is 13.2. The molecule has 4 heterocycles. The molecule has 2 aliphatic heterocycles. The van der Waals surface area contributed by atoms with Crippen molar-refractivity contribution in [2.45, 2.75) is 51.6 Å². The van der Waals surface area contributed by atoms with Gasteiger partial charge < -0.3 is 4.74 Å². The van der Waals surface area contributed by atoms with Crippen molar-refractivity contribution >= 4 is 33.8 Å². The lowest BCUT2D eigenvalue weighted by Crippen LogP contribution is -2.57. The minimum absolute atomic E-state index is 0.0872. The quantitative estimate of drug-likeness (QED) is 0.570. The number of piperazine rings is 1. The topological polar surface area (TPSA) is 75.8 Å². The van der Waals surface area contributed by atoms with Gasteiger partial charge in [0, 0.05) is 45.3 Å². The number of aromatic nitrogens is 3. The lowest BCUT2D eigenvalue weighted by molar-refractivity contribution is -0.0458. The van der Waals surface area contributed by atoms with E-state index in [1.165, 1.54) is 0 Å². The number of nitrogens with zero attached hydrogens (tertiary/aromatic N) is 6. The molecule has 0 bridgehead atoms. The van der Waals surface area contributed by atoms with Gasteiger partial charge in [0.05, 0.1) is 23.8 Å². The van der Waals surface area contributed by atoms with Crippen LogP contribution in [0.4, 0.5) is 0 Å². The van der Waals surface area contributed by atoms with Crippen molar-refractivity contribution in [1.82, 2.24) is 27.9 Å². The van der Waals surface area contributed by atoms with Gasteiger partial charge in [0.25, 0.3) is 10.2 Å². The van der Waals surface area contributed by atoms with Crippen LogP contribution in [0.1, 0.15) is 32.7 Å². The average Bonchev–Trinajstić information content (AvgIpc) is 3.33. The Morgan fingerprint density at radius 3 is 2.41 bits per heavy atom. The molecule has 2 aromatic rings. The number of hydrogen-bond donors (Lipinski definition) is 0. The third-order valence-corrected chi connectivity index (χ3v) is 9.47. The van der Waals surface area contributed by atoms with Crippen molar-refractivity contribution < 1.29 is 13.2 Å². The predicted molar refractivity (Wildman–Crippen MR) is 126 cm³/mol. The molecule has 1 aliphatic carbocycles. The standard InChI is InChI=1S/C20H30N6O3S3/c1-15-12-24(13-16(2)29-15)32(27,28)23-9-7-22(8-10-23)14-25-20(30)26(17-5-6-17)19(21-25)18-4-3-11-31-18/h3-4,11,15-17H,5-10,12-14H2,1-2H3. The summed E-state index contributed by atoms with van der Waals surface area (Å²) in [5.74, 6) is 0.948. The molecule has 0 N–H and O–H groups in total. The highest BCUT2D eigenvalue weighted by molar-refractivity contribution is 7.86. The first kappa shape index (κ1) is 22.6. The molecule has 0 aromatic carbocycles. The van der Waals surface area contributed by atoms with Gasteiger partial charge in [-0.25, -0.2) is 4.68 Å². The van der Waals surface area contributed by atoms with E-state index < -0.39 is 10.2 Å². The molecule has 0 spiro atoms. The number of thiophene rings is 1. The maximum Gasteiger partial charge on any atom is 0.282 e. The van der Waals surface area contributed by atoms with Crippen LogP contribution in [-0.4, -0.2) is 87.8 Å². The fraction of sp³-hybridized carbons (Fsp3) is 0.700. The molecule has 5 rings (SSSR count). The second-order valence-electron chi connectivity index (χ2n) is 8.92. The van der Waals surface area contributed by atoms with E-state index in [0.717, 1.165) is 28.3 Å². The average molecular weight is 499 g/mol. The zero-order valence-corrected chi connectivity index (χ0v) is 20.9. The van der Waals surface area contributed by atoms with Crippen molar-refractivity contribution in [2.24, 2.45) is 0 Å². The third-order valence-electron chi connectivity index (χ3n) is 6.23. The van der Waals surface area contributed by atoms with Gasteiger partial charge in [0.15, 0.2) is 10.6 Å². The summed E-state index contributed by atoms with van der Waals surface area (Å²) in [5, 5.41) is 6.92. The third kappa shape index (κ3) is 4.46. The molecular weight excluding hydrogens is 468 g/mol. The minimum atomic E-state index is -3.48. The monoisotopic (exact) mass is 498 g/mol. The second kappa shape index (κ2) is 8.90. The highest BCUT2D eigenvalue weighted by atomic mass is 32.2. The molecular formula is C20H30N6O3S3. The maximum atomic E-state index is 13.2. The SMILES string of the molecule is CC1CN(S(=O)(=O)N2CCN(Cn3nc(-c4cccs4)n(C4CC4)c3=S)CC2)CC(C)O1. The van der Waals surface area contributed by atoms with E-state index in [9.17, 15) is 8.42 Å². The Kier molecular flexibility index (Phi) is 6.29. The van der Waals surface area contributed by atoms with Crippen molar-refractivity contribution in [3.63, 3.8) is 0 Å². The van der Waals surface area contributed by atoms with E-state index in [4.69, 9.17) is 22.1 Å². The Morgan fingerprint density at radius 1 is 1.12 bits per heavy atom. The molecule has 0 radical (unpaired) electrons. The molecule has 0 amide bonds. The van der Waals surface area contributed by atoms with Crippen molar-refractivity contribution in [3.8, 4) is 10.7 Å². The van der Waals surface area contributed by atoms with Crippen LogP contribution in [0, 0.1) is 4.77 Å². The van der Waals surface area contributed by atoms with E-state index in [1.54, 1.807) is 19.9 Å². The van der Waals surface area contributed by atoms with Gasteiger partial charge in [-0.2, -0.15) is 17.0 Å². The molecule has 3 aliphatic rings. The lowest BCUT2D eigenvalue weighted by Gasteiger charge is -2.40. The second-order valence-corrected chi connectivity index (χ2v) is 12.2. The Morgan fingerprint density at radius 2 is 1.81 bits per heavy atom. The molecule has 2 saturated heterocycles. The summed E-state index contributed by atoms with van der Waals surface area (Å²) in [6, 6.07) is 4.57. The molecule has 2 aromatic heterocycles. The highest BCUT2D eigenvalue weighted by Crippen LogP contribution is 2.39. The predicted octanol–water partition coefficient (Wildman–Crippen LogP) is 2.41. The largest absolute Gasteiger partial charge is 0.373 e. The van der Waals surface area contributed by atoms with Gasteiger partial charge >= 0.3 is 0 Å². The first-order valence-electron chi connectivity index (χ1n) is 11.2. The molecule has 2 atom stereocenters. The molecule has 2 unspecified atom stereocenters. The summed E-state index contributed by atoms with van der Waals surface area (Å²) in [5.41, 5.74) is 0. The fourth-order valence-electron chi connectivity index (χ4n) is 4.52. The lowest BCUT2D eigenvalue weighted by atomic mass is 10.3. The van der Waals surface area contributed by atoms with Gasteiger partial charge in [-0.3, -0.25) is 9.47 Å². The number of rotatable bonds is 6. The van der Waals surface area contributed by atoms with E-state index in [2.05, 4.69) is 20.9 Å². The van der Waals surface area contributed by atoms with Gasteiger partial charge in [-0.1, -0.05) is 6.07 Å². The smallest absolute Gasteiger partial charge is 0.282 e. The molecule has 3 fully saturated rings. The summed E-state index contributed by atoms with van der Waals surface area (Å²) in [6.07, 6.45) is 2.12. The van der Waals surface area contributed by atoms with Crippen molar-refractivity contribution in [1.29, 1.82) is 0 Å². The molecule has 12 heteroatoms. The van der Waals surface area contributed by atoms with Gasteiger partial charge in [-0.15, -0.1) is 16.4 Å². The molecule has 9 nitrogen and oxygen atoms in total. The Hall–Kier alpha value is -1.15. The molecule has 1 saturated carbocycles. The highest BCUT2D eigenvalue weighted by Gasteiger charge is 2.37. The molecule has 176 valence electrons. The van der Waals surface area contributed by atoms with E-state index in [1.807, 2.05) is 24.6 Å². The zero-order valence-electron chi connectivity index (χ0n) is 18.5. The van der Waals surface area contributed by atoms with Gasteiger partial charge in [-0.05, 0) is 50.4 Å². The Balaban J connectivity index is 1.26. The Bertz CT molecular complexity index is 1090. The minimum Gasteiger partial charge on any atom is -0.373 e. The zero-order chi connectivity index (χ0) is 22.5.